The third-order valence-corrected chi connectivity index (χ3v) is 5.21. The molecule has 0 unspecified atom stereocenters. The molecule has 3 amide bonds. The van der Waals surface area contributed by atoms with E-state index in [-0.39, 0.29) is 42.5 Å². The number of anilines is 1. The lowest BCUT2D eigenvalue weighted by molar-refractivity contribution is -0.130. The first-order chi connectivity index (χ1) is 14.3. The molecule has 2 rings (SSSR count). The Bertz CT molecular complexity index is 826. The zero-order valence-electron chi connectivity index (χ0n) is 18.0. The summed E-state index contributed by atoms with van der Waals surface area (Å²) in [6.07, 6.45) is 3.45. The predicted octanol–water partition coefficient (Wildman–Crippen LogP) is 3.42. The van der Waals surface area contributed by atoms with Crippen LogP contribution in [0.5, 0.6) is 0 Å². The van der Waals surface area contributed by atoms with Gasteiger partial charge in [-0.2, -0.15) is 0 Å². The summed E-state index contributed by atoms with van der Waals surface area (Å²) in [5.74, 6) is -0.468. The van der Waals surface area contributed by atoms with E-state index < -0.39 is 0 Å². The zero-order chi connectivity index (χ0) is 22.1. The quantitative estimate of drug-likeness (QED) is 0.585. The van der Waals surface area contributed by atoms with Crippen molar-refractivity contribution in [3.05, 3.63) is 35.2 Å². The van der Waals surface area contributed by atoms with Gasteiger partial charge in [0.05, 0.1) is 18.4 Å². The molecule has 0 radical (unpaired) electrons. The van der Waals surface area contributed by atoms with Crippen molar-refractivity contribution in [1.82, 2.24) is 14.8 Å². The maximum absolute atomic E-state index is 12.5. The maximum atomic E-state index is 12.5. The molecule has 0 aliphatic heterocycles. The number of thiazole rings is 1. The van der Waals surface area contributed by atoms with Gasteiger partial charge in [-0.15, -0.1) is 11.3 Å². The number of hydrogen-bond acceptors (Lipinski definition) is 6. The van der Waals surface area contributed by atoms with E-state index >= 15 is 0 Å². The Morgan fingerprint density at radius 1 is 1.20 bits per heavy atom. The van der Waals surface area contributed by atoms with Gasteiger partial charge in [0.1, 0.15) is 6.54 Å². The first-order valence-corrected chi connectivity index (χ1v) is 11.1. The molecule has 2 aromatic rings. The Hall–Kier alpha value is -2.68. The molecule has 0 aliphatic carbocycles. The first-order valence-electron chi connectivity index (χ1n) is 10.2. The SMILES string of the molecule is CCCN(CCC)C(=O)Cc1csc(NC(=O)CN(C(=O)c2ccco2)C(C)C)n1. The highest BCUT2D eigenvalue weighted by molar-refractivity contribution is 7.13. The van der Waals surface area contributed by atoms with Crippen molar-refractivity contribution in [3.63, 3.8) is 0 Å². The van der Waals surface area contributed by atoms with Crippen LogP contribution in [0.3, 0.4) is 0 Å². The van der Waals surface area contributed by atoms with Gasteiger partial charge in [0.2, 0.25) is 11.8 Å². The lowest BCUT2D eigenvalue weighted by atomic mass is 10.2. The topological polar surface area (TPSA) is 95.8 Å². The Kier molecular flexibility index (Phi) is 9.04. The lowest BCUT2D eigenvalue weighted by Gasteiger charge is -2.24. The van der Waals surface area contributed by atoms with E-state index in [1.54, 1.807) is 17.5 Å². The van der Waals surface area contributed by atoms with Crippen LogP contribution < -0.4 is 5.32 Å². The molecule has 9 heteroatoms. The largest absolute Gasteiger partial charge is 0.459 e. The Balaban J connectivity index is 1.95. The second-order valence-electron chi connectivity index (χ2n) is 7.25. The third-order valence-electron chi connectivity index (χ3n) is 4.40. The van der Waals surface area contributed by atoms with E-state index in [0.29, 0.717) is 10.8 Å². The fraction of sp³-hybridized carbons (Fsp3) is 0.524. The molecule has 164 valence electrons. The van der Waals surface area contributed by atoms with Gasteiger partial charge in [-0.05, 0) is 38.8 Å². The minimum atomic E-state index is -0.352. The van der Waals surface area contributed by atoms with Crippen LogP contribution in [-0.2, 0) is 16.0 Å². The average Bonchev–Trinajstić information content (AvgIpc) is 3.37. The smallest absolute Gasteiger partial charge is 0.290 e. The van der Waals surface area contributed by atoms with E-state index in [4.69, 9.17) is 4.42 Å². The van der Waals surface area contributed by atoms with Crippen molar-refractivity contribution >= 4 is 34.2 Å². The minimum absolute atomic E-state index is 0.0388. The van der Waals surface area contributed by atoms with Crippen molar-refractivity contribution in [2.24, 2.45) is 0 Å². The summed E-state index contributed by atoms with van der Waals surface area (Å²) in [5, 5.41) is 4.91. The van der Waals surface area contributed by atoms with E-state index in [1.165, 1.54) is 22.5 Å². The average molecular weight is 435 g/mol. The molecule has 30 heavy (non-hydrogen) atoms. The minimum Gasteiger partial charge on any atom is -0.459 e. The molecule has 0 bridgehead atoms. The summed E-state index contributed by atoms with van der Waals surface area (Å²) >= 11 is 1.26. The van der Waals surface area contributed by atoms with Crippen LogP contribution in [0, 0.1) is 0 Å². The Morgan fingerprint density at radius 2 is 1.90 bits per heavy atom. The number of hydrogen-bond donors (Lipinski definition) is 1. The fourth-order valence-electron chi connectivity index (χ4n) is 2.96. The normalized spacial score (nSPS) is 10.8. The monoisotopic (exact) mass is 434 g/mol. The molecule has 0 aliphatic rings. The van der Waals surface area contributed by atoms with Crippen molar-refractivity contribution in [2.75, 3.05) is 25.0 Å². The Labute approximate surface area is 181 Å². The van der Waals surface area contributed by atoms with Gasteiger partial charge in [0, 0.05) is 24.5 Å². The summed E-state index contributed by atoms with van der Waals surface area (Å²) in [5.41, 5.74) is 0.630. The molecule has 0 saturated carbocycles. The number of amides is 3. The number of furan rings is 1. The highest BCUT2D eigenvalue weighted by atomic mass is 32.1. The molecule has 0 aromatic carbocycles. The molecule has 0 fully saturated rings. The molecule has 2 aromatic heterocycles. The summed E-state index contributed by atoms with van der Waals surface area (Å²) in [7, 11) is 0. The lowest BCUT2D eigenvalue weighted by Crippen LogP contribution is -2.42. The number of nitrogens with one attached hydrogen (secondary N) is 1. The standard InChI is InChI=1S/C21H30N4O4S/c1-5-9-24(10-6-2)19(27)12-16-14-30-21(22-16)23-18(26)13-25(15(3)4)20(28)17-8-7-11-29-17/h7-8,11,14-15H,5-6,9-10,12-13H2,1-4H3,(H,22,23,26). The summed E-state index contributed by atoms with van der Waals surface area (Å²) in [6, 6.07) is 3.02. The van der Waals surface area contributed by atoms with E-state index in [2.05, 4.69) is 10.3 Å². The highest BCUT2D eigenvalue weighted by Gasteiger charge is 2.24. The van der Waals surface area contributed by atoms with Crippen LogP contribution in [0.2, 0.25) is 0 Å². The number of aromatic nitrogens is 1. The summed E-state index contributed by atoms with van der Waals surface area (Å²) < 4.78 is 5.15. The molecule has 8 nitrogen and oxygen atoms in total. The van der Waals surface area contributed by atoms with E-state index in [9.17, 15) is 14.4 Å². The van der Waals surface area contributed by atoms with Gasteiger partial charge < -0.3 is 19.5 Å². The molecule has 2 heterocycles. The van der Waals surface area contributed by atoms with Gasteiger partial charge in [0.25, 0.3) is 5.91 Å². The molecular weight excluding hydrogens is 404 g/mol. The van der Waals surface area contributed by atoms with Crippen LogP contribution in [0.15, 0.2) is 28.2 Å². The Morgan fingerprint density at radius 3 is 2.47 bits per heavy atom. The molecule has 0 saturated heterocycles. The van der Waals surface area contributed by atoms with Gasteiger partial charge in [0.15, 0.2) is 10.9 Å². The first kappa shape index (κ1) is 23.6. The van der Waals surface area contributed by atoms with Crippen molar-refractivity contribution in [2.45, 2.75) is 53.0 Å². The maximum Gasteiger partial charge on any atom is 0.290 e. The van der Waals surface area contributed by atoms with Gasteiger partial charge in [-0.1, -0.05) is 13.8 Å². The third kappa shape index (κ3) is 6.69. The number of carbonyl (C=O) groups is 3. The van der Waals surface area contributed by atoms with Crippen molar-refractivity contribution < 1.29 is 18.8 Å². The second-order valence-corrected chi connectivity index (χ2v) is 8.11. The van der Waals surface area contributed by atoms with Crippen LogP contribution in [0.4, 0.5) is 5.13 Å². The molecule has 1 N–H and O–H groups in total. The van der Waals surface area contributed by atoms with Crippen LogP contribution >= 0.6 is 11.3 Å². The van der Waals surface area contributed by atoms with Crippen LogP contribution in [-0.4, -0.2) is 58.2 Å². The van der Waals surface area contributed by atoms with Crippen LogP contribution in [0.25, 0.3) is 0 Å². The second kappa shape index (κ2) is 11.5. The fourth-order valence-corrected chi connectivity index (χ4v) is 3.68. The number of nitrogens with zero attached hydrogens (tertiary/aromatic N) is 3. The summed E-state index contributed by atoms with van der Waals surface area (Å²) in [6.45, 7) is 9.10. The van der Waals surface area contributed by atoms with Gasteiger partial charge in [-0.3, -0.25) is 14.4 Å². The molecule has 0 spiro atoms. The number of carbonyl (C=O) groups excluding carboxylic acids is 3. The van der Waals surface area contributed by atoms with Crippen molar-refractivity contribution in [1.29, 1.82) is 0 Å². The van der Waals surface area contributed by atoms with Gasteiger partial charge >= 0.3 is 0 Å². The number of rotatable bonds is 11. The van der Waals surface area contributed by atoms with E-state index in [1.807, 2.05) is 32.6 Å². The van der Waals surface area contributed by atoms with Gasteiger partial charge in [-0.25, -0.2) is 4.98 Å². The predicted molar refractivity (Wildman–Crippen MR) is 116 cm³/mol. The van der Waals surface area contributed by atoms with Crippen LogP contribution in [0.1, 0.15) is 56.8 Å². The molecular formula is C21H30N4O4S. The molecule has 0 atom stereocenters. The van der Waals surface area contributed by atoms with E-state index in [0.717, 1.165) is 25.9 Å². The summed E-state index contributed by atoms with van der Waals surface area (Å²) in [4.78, 5) is 45.1. The highest BCUT2D eigenvalue weighted by Crippen LogP contribution is 2.17. The zero-order valence-corrected chi connectivity index (χ0v) is 18.8. The van der Waals surface area contributed by atoms with Crippen molar-refractivity contribution in [3.8, 4) is 0 Å².